The lowest BCUT2D eigenvalue weighted by molar-refractivity contribution is 0.311. The summed E-state index contributed by atoms with van der Waals surface area (Å²) in [7, 11) is 0. The predicted octanol–water partition coefficient (Wildman–Crippen LogP) is 3.75. The van der Waals surface area contributed by atoms with Crippen LogP contribution in [0.4, 0.5) is 4.39 Å². The van der Waals surface area contributed by atoms with Crippen LogP contribution in [0, 0.1) is 5.82 Å². The van der Waals surface area contributed by atoms with E-state index < -0.39 is 5.82 Å². The monoisotopic (exact) mass is 241 g/mol. The predicted molar refractivity (Wildman–Crippen MR) is 62.4 cm³/mol. The summed E-state index contributed by atoms with van der Waals surface area (Å²) in [6, 6.07) is 4.68. The second kappa shape index (κ2) is 4.83. The zero-order valence-electron chi connectivity index (χ0n) is 9.04. The number of rotatable bonds is 3. The molecule has 1 heterocycles. The van der Waals surface area contributed by atoms with Gasteiger partial charge in [0, 0.05) is 6.42 Å². The lowest BCUT2D eigenvalue weighted by Crippen LogP contribution is -1.99. The van der Waals surface area contributed by atoms with Crippen molar-refractivity contribution in [2.75, 3.05) is 6.61 Å². The van der Waals surface area contributed by atoms with Gasteiger partial charge in [-0.1, -0.05) is 24.6 Å². The lowest BCUT2D eigenvalue weighted by Gasteiger charge is -2.05. The summed E-state index contributed by atoms with van der Waals surface area (Å²) >= 11 is 5.62. The number of aliphatic imine (C=N–C) groups is 1. The molecule has 2 nitrogen and oxygen atoms in total. The van der Waals surface area contributed by atoms with Gasteiger partial charge in [0.1, 0.15) is 18.5 Å². The van der Waals surface area contributed by atoms with Gasteiger partial charge in [-0.05, 0) is 24.1 Å². The Kier molecular flexibility index (Phi) is 3.44. The molecular formula is C12H13ClFNO. The summed E-state index contributed by atoms with van der Waals surface area (Å²) < 4.78 is 18.7. The SMILES string of the molecule is CCCC1=NC(c2ccc(Cl)c(F)c2)CO1. The molecule has 0 fully saturated rings. The van der Waals surface area contributed by atoms with E-state index in [-0.39, 0.29) is 11.1 Å². The highest BCUT2D eigenvalue weighted by Gasteiger charge is 2.20. The van der Waals surface area contributed by atoms with Crippen LogP contribution in [0.15, 0.2) is 23.2 Å². The summed E-state index contributed by atoms with van der Waals surface area (Å²) in [5.41, 5.74) is 0.813. The molecule has 0 aromatic heterocycles. The number of hydrogen-bond acceptors (Lipinski definition) is 2. The maximum atomic E-state index is 13.3. The molecule has 0 aliphatic carbocycles. The fraction of sp³-hybridized carbons (Fsp3) is 0.417. The van der Waals surface area contributed by atoms with Crippen LogP contribution < -0.4 is 0 Å². The molecule has 1 atom stereocenters. The van der Waals surface area contributed by atoms with Crippen molar-refractivity contribution in [3.63, 3.8) is 0 Å². The lowest BCUT2D eigenvalue weighted by atomic mass is 10.1. The Morgan fingerprint density at radius 1 is 1.56 bits per heavy atom. The molecule has 1 aromatic carbocycles. The van der Waals surface area contributed by atoms with Gasteiger partial charge in [0.2, 0.25) is 0 Å². The first-order chi connectivity index (χ1) is 7.70. The Hall–Kier alpha value is -1.09. The first-order valence-electron chi connectivity index (χ1n) is 5.35. The third kappa shape index (κ3) is 2.35. The Labute approximate surface area is 99.1 Å². The number of halogens is 2. The van der Waals surface area contributed by atoms with Crippen LogP contribution in [0.3, 0.4) is 0 Å². The molecule has 1 aromatic rings. The standard InChI is InChI=1S/C12H13ClFNO/c1-2-3-12-15-11(7-16-12)8-4-5-9(13)10(14)6-8/h4-6,11H,2-3,7H2,1H3. The third-order valence-electron chi connectivity index (χ3n) is 2.50. The van der Waals surface area contributed by atoms with Gasteiger partial charge in [-0.15, -0.1) is 0 Å². The van der Waals surface area contributed by atoms with Crippen molar-refractivity contribution in [1.82, 2.24) is 0 Å². The molecule has 0 amide bonds. The van der Waals surface area contributed by atoms with E-state index in [0.717, 1.165) is 24.3 Å². The van der Waals surface area contributed by atoms with Crippen LogP contribution >= 0.6 is 11.6 Å². The van der Waals surface area contributed by atoms with E-state index in [4.69, 9.17) is 16.3 Å². The van der Waals surface area contributed by atoms with Crippen molar-refractivity contribution < 1.29 is 9.13 Å². The van der Waals surface area contributed by atoms with Gasteiger partial charge in [0.15, 0.2) is 5.90 Å². The van der Waals surface area contributed by atoms with Crippen molar-refractivity contribution in [2.45, 2.75) is 25.8 Å². The molecule has 0 bridgehead atoms. The molecule has 2 rings (SSSR count). The minimum Gasteiger partial charge on any atom is -0.478 e. The van der Waals surface area contributed by atoms with Crippen LogP contribution in [0.1, 0.15) is 31.4 Å². The minimum absolute atomic E-state index is 0.0895. The first kappa shape index (κ1) is 11.4. The van der Waals surface area contributed by atoms with E-state index in [1.807, 2.05) is 0 Å². The molecule has 0 saturated carbocycles. The van der Waals surface area contributed by atoms with Crippen molar-refractivity contribution in [1.29, 1.82) is 0 Å². The van der Waals surface area contributed by atoms with Crippen molar-refractivity contribution >= 4 is 17.5 Å². The van der Waals surface area contributed by atoms with E-state index in [0.29, 0.717) is 6.61 Å². The van der Waals surface area contributed by atoms with Crippen molar-refractivity contribution in [2.24, 2.45) is 4.99 Å². The van der Waals surface area contributed by atoms with Crippen LogP contribution in [0.2, 0.25) is 5.02 Å². The summed E-state index contributed by atoms with van der Waals surface area (Å²) in [4.78, 5) is 4.40. The maximum absolute atomic E-state index is 13.3. The van der Waals surface area contributed by atoms with Crippen LogP contribution in [0.5, 0.6) is 0 Å². The molecule has 4 heteroatoms. The van der Waals surface area contributed by atoms with Gasteiger partial charge in [-0.2, -0.15) is 0 Å². The van der Waals surface area contributed by atoms with Gasteiger partial charge in [0.25, 0.3) is 0 Å². The molecule has 0 saturated heterocycles. The van der Waals surface area contributed by atoms with Crippen LogP contribution in [0.25, 0.3) is 0 Å². The summed E-state index contributed by atoms with van der Waals surface area (Å²) in [5, 5.41) is 0.139. The highest BCUT2D eigenvalue weighted by atomic mass is 35.5. The fourth-order valence-corrected chi connectivity index (χ4v) is 1.78. The van der Waals surface area contributed by atoms with E-state index in [1.54, 1.807) is 12.1 Å². The van der Waals surface area contributed by atoms with E-state index in [9.17, 15) is 4.39 Å². The Bertz CT molecular complexity index is 419. The molecular weight excluding hydrogens is 229 g/mol. The molecule has 86 valence electrons. The molecule has 0 radical (unpaired) electrons. The topological polar surface area (TPSA) is 21.6 Å². The van der Waals surface area contributed by atoms with Crippen LogP contribution in [-0.4, -0.2) is 12.5 Å². The Balaban J connectivity index is 2.16. The molecule has 1 aliphatic heterocycles. The van der Waals surface area contributed by atoms with Crippen LogP contribution in [-0.2, 0) is 4.74 Å². The van der Waals surface area contributed by atoms with Crippen molar-refractivity contribution in [3.05, 3.63) is 34.6 Å². The molecule has 16 heavy (non-hydrogen) atoms. The fourth-order valence-electron chi connectivity index (χ4n) is 1.66. The quantitative estimate of drug-likeness (QED) is 0.790. The number of benzene rings is 1. The normalized spacial score (nSPS) is 19.4. The summed E-state index contributed by atoms with van der Waals surface area (Å²) in [5.74, 6) is 0.362. The maximum Gasteiger partial charge on any atom is 0.183 e. The Morgan fingerprint density at radius 3 is 3.06 bits per heavy atom. The van der Waals surface area contributed by atoms with E-state index in [1.165, 1.54) is 6.07 Å². The minimum atomic E-state index is -0.404. The highest BCUT2D eigenvalue weighted by Crippen LogP contribution is 2.26. The summed E-state index contributed by atoms with van der Waals surface area (Å²) in [6.45, 7) is 2.57. The second-order valence-corrected chi connectivity index (χ2v) is 4.18. The smallest absolute Gasteiger partial charge is 0.183 e. The molecule has 0 N–H and O–H groups in total. The number of hydrogen-bond donors (Lipinski definition) is 0. The number of ether oxygens (including phenoxy) is 1. The van der Waals surface area contributed by atoms with Crippen molar-refractivity contribution in [3.8, 4) is 0 Å². The second-order valence-electron chi connectivity index (χ2n) is 3.77. The summed E-state index contributed by atoms with van der Waals surface area (Å²) in [6.07, 6.45) is 1.84. The largest absolute Gasteiger partial charge is 0.478 e. The molecule has 1 aliphatic rings. The Morgan fingerprint density at radius 2 is 2.38 bits per heavy atom. The van der Waals surface area contributed by atoms with Gasteiger partial charge in [-0.3, -0.25) is 0 Å². The van der Waals surface area contributed by atoms with Gasteiger partial charge < -0.3 is 4.74 Å². The van der Waals surface area contributed by atoms with Gasteiger partial charge in [0.05, 0.1) is 5.02 Å². The van der Waals surface area contributed by atoms with Gasteiger partial charge in [-0.25, -0.2) is 9.38 Å². The average Bonchev–Trinajstić information content (AvgIpc) is 2.71. The zero-order chi connectivity index (χ0) is 11.5. The average molecular weight is 242 g/mol. The molecule has 1 unspecified atom stereocenters. The first-order valence-corrected chi connectivity index (χ1v) is 5.73. The van der Waals surface area contributed by atoms with E-state index >= 15 is 0 Å². The van der Waals surface area contributed by atoms with E-state index in [2.05, 4.69) is 11.9 Å². The zero-order valence-corrected chi connectivity index (χ0v) is 9.80. The third-order valence-corrected chi connectivity index (χ3v) is 2.81. The number of nitrogens with zero attached hydrogens (tertiary/aromatic N) is 1. The van der Waals surface area contributed by atoms with Gasteiger partial charge >= 0.3 is 0 Å². The molecule has 0 spiro atoms. The highest BCUT2D eigenvalue weighted by molar-refractivity contribution is 6.30.